The molecule has 1 aliphatic rings. The monoisotopic (exact) mass is 288 g/mol. The molecule has 7 nitrogen and oxygen atoms in total. The maximum atomic E-state index is 12.8. The molecule has 0 aliphatic carbocycles. The summed E-state index contributed by atoms with van der Waals surface area (Å²) in [6, 6.07) is 3.78. The molecule has 0 aromatic heterocycles. The second-order valence-corrected chi connectivity index (χ2v) is 3.72. The number of carbonyl (C=O) groups excluding carboxylic acids is 2. The summed E-state index contributed by atoms with van der Waals surface area (Å²) in [4.78, 5) is 22.2. The van der Waals surface area contributed by atoms with Gasteiger partial charge in [-0.3, -0.25) is 4.79 Å². The number of anilines is 1. The summed E-state index contributed by atoms with van der Waals surface area (Å²) in [5, 5.41) is 4.56. The molecule has 0 fully saturated rings. The van der Waals surface area contributed by atoms with Crippen LogP contribution in [0.5, 0.6) is 11.5 Å². The Kier molecular flexibility index (Phi) is 3.59. The third kappa shape index (κ3) is 3.25. The number of ether oxygens (including phenoxy) is 3. The van der Waals surface area contributed by atoms with Crippen molar-refractivity contribution in [2.45, 2.75) is 6.29 Å². The molecule has 0 spiro atoms. The Hall–Kier alpha value is -2.58. The zero-order valence-corrected chi connectivity index (χ0v) is 10.2. The zero-order chi connectivity index (χ0) is 14.8. The first kappa shape index (κ1) is 13.8. The molecule has 2 rings (SSSR count). The molecule has 20 heavy (non-hydrogen) atoms. The van der Waals surface area contributed by atoms with E-state index in [1.807, 2.05) is 0 Å². The van der Waals surface area contributed by atoms with Crippen molar-refractivity contribution in [1.82, 2.24) is 5.32 Å². The van der Waals surface area contributed by atoms with Crippen LogP contribution in [-0.4, -0.2) is 31.9 Å². The Balaban J connectivity index is 1.95. The van der Waals surface area contributed by atoms with Gasteiger partial charge in [0.2, 0.25) is 5.91 Å². The molecule has 2 amide bonds. The topological polar surface area (TPSA) is 85.9 Å². The zero-order valence-electron chi connectivity index (χ0n) is 10.2. The first-order chi connectivity index (χ1) is 9.39. The third-order valence-electron chi connectivity index (χ3n) is 2.26. The maximum absolute atomic E-state index is 12.8. The van der Waals surface area contributed by atoms with Gasteiger partial charge in [0, 0.05) is 11.8 Å². The maximum Gasteiger partial charge on any atom is 0.586 e. The van der Waals surface area contributed by atoms with Gasteiger partial charge in [-0.05, 0) is 12.1 Å². The average molecular weight is 288 g/mol. The fourth-order valence-electron chi connectivity index (χ4n) is 1.46. The molecule has 2 N–H and O–H groups in total. The Morgan fingerprint density at radius 3 is 2.70 bits per heavy atom. The predicted octanol–water partition coefficient (Wildman–Crippen LogP) is 1.30. The summed E-state index contributed by atoms with van der Waals surface area (Å²) in [6.45, 7) is -0.322. The van der Waals surface area contributed by atoms with Crippen molar-refractivity contribution in [3.8, 4) is 11.5 Å². The van der Waals surface area contributed by atoms with Gasteiger partial charge in [-0.25, -0.2) is 4.79 Å². The number of alkyl halides is 2. The summed E-state index contributed by atoms with van der Waals surface area (Å²) in [5.74, 6) is -0.865. The van der Waals surface area contributed by atoms with Crippen LogP contribution < -0.4 is 20.1 Å². The molecule has 0 saturated heterocycles. The van der Waals surface area contributed by atoms with Crippen LogP contribution in [0.2, 0.25) is 0 Å². The van der Waals surface area contributed by atoms with Crippen LogP contribution in [0.3, 0.4) is 0 Å². The number of methoxy groups -OCH3 is 1. The fourth-order valence-corrected chi connectivity index (χ4v) is 1.46. The standard InChI is InChI=1S/C11H10F2N2O5/c1-18-10(17)14-5-9(16)15-6-2-3-7-8(4-6)20-11(12,13)19-7/h2-4H,5H2,1H3,(H,14,17)(H,15,16). The van der Waals surface area contributed by atoms with E-state index in [1.165, 1.54) is 18.2 Å². The lowest BCUT2D eigenvalue weighted by atomic mass is 10.3. The fraction of sp³-hybridized carbons (Fsp3) is 0.273. The molecule has 0 bridgehead atoms. The number of hydrogen-bond acceptors (Lipinski definition) is 5. The molecular weight excluding hydrogens is 278 g/mol. The smallest absolute Gasteiger partial charge is 0.453 e. The van der Waals surface area contributed by atoms with Crippen molar-refractivity contribution in [1.29, 1.82) is 0 Å². The molecule has 1 aliphatic heterocycles. The van der Waals surface area contributed by atoms with Gasteiger partial charge in [-0.1, -0.05) is 0 Å². The minimum atomic E-state index is -3.71. The van der Waals surface area contributed by atoms with Crippen molar-refractivity contribution in [2.24, 2.45) is 0 Å². The minimum absolute atomic E-state index is 0.124. The summed E-state index contributed by atoms with van der Waals surface area (Å²) in [7, 11) is 1.16. The molecule has 1 aromatic rings. The van der Waals surface area contributed by atoms with E-state index >= 15 is 0 Å². The lowest BCUT2D eigenvalue weighted by Gasteiger charge is -2.06. The van der Waals surface area contributed by atoms with E-state index in [-0.39, 0.29) is 23.7 Å². The molecule has 0 unspecified atom stereocenters. The predicted molar refractivity (Wildman–Crippen MR) is 61.7 cm³/mol. The summed E-state index contributed by atoms with van der Waals surface area (Å²) in [6.07, 6.45) is -4.47. The number of nitrogens with one attached hydrogen (secondary N) is 2. The second kappa shape index (κ2) is 5.19. The van der Waals surface area contributed by atoms with E-state index in [9.17, 15) is 18.4 Å². The van der Waals surface area contributed by atoms with Crippen molar-refractivity contribution >= 4 is 17.7 Å². The van der Waals surface area contributed by atoms with Crippen LogP contribution in [0.4, 0.5) is 19.3 Å². The minimum Gasteiger partial charge on any atom is -0.453 e. The van der Waals surface area contributed by atoms with Crippen LogP contribution >= 0.6 is 0 Å². The summed E-state index contributed by atoms with van der Waals surface area (Å²) < 4.78 is 38.3. The van der Waals surface area contributed by atoms with Crippen molar-refractivity contribution in [3.63, 3.8) is 0 Å². The number of benzene rings is 1. The highest BCUT2D eigenvalue weighted by Gasteiger charge is 2.43. The van der Waals surface area contributed by atoms with E-state index < -0.39 is 18.3 Å². The van der Waals surface area contributed by atoms with Gasteiger partial charge in [-0.15, -0.1) is 8.78 Å². The van der Waals surface area contributed by atoms with Crippen molar-refractivity contribution in [3.05, 3.63) is 18.2 Å². The molecule has 0 radical (unpaired) electrons. The number of halogens is 2. The van der Waals surface area contributed by atoms with Gasteiger partial charge in [0.25, 0.3) is 0 Å². The average Bonchev–Trinajstić information content (AvgIpc) is 2.69. The lowest BCUT2D eigenvalue weighted by molar-refractivity contribution is -0.286. The highest BCUT2D eigenvalue weighted by molar-refractivity contribution is 5.94. The van der Waals surface area contributed by atoms with E-state index in [4.69, 9.17) is 0 Å². The Morgan fingerprint density at radius 1 is 1.30 bits per heavy atom. The molecule has 1 aromatic carbocycles. The van der Waals surface area contributed by atoms with E-state index in [2.05, 4.69) is 24.8 Å². The molecule has 0 atom stereocenters. The van der Waals surface area contributed by atoms with E-state index in [1.54, 1.807) is 0 Å². The molecule has 1 heterocycles. The van der Waals surface area contributed by atoms with Gasteiger partial charge in [0.1, 0.15) is 6.54 Å². The number of hydrogen-bond donors (Lipinski definition) is 2. The molecule has 108 valence electrons. The van der Waals surface area contributed by atoms with Crippen LogP contribution in [-0.2, 0) is 9.53 Å². The van der Waals surface area contributed by atoms with Gasteiger partial charge in [-0.2, -0.15) is 0 Å². The quantitative estimate of drug-likeness (QED) is 0.875. The van der Waals surface area contributed by atoms with Crippen LogP contribution in [0, 0.1) is 0 Å². The second-order valence-electron chi connectivity index (χ2n) is 3.72. The summed E-state index contributed by atoms with van der Waals surface area (Å²) in [5.41, 5.74) is 0.224. The van der Waals surface area contributed by atoms with E-state index in [0.29, 0.717) is 0 Å². The molecule has 9 heteroatoms. The van der Waals surface area contributed by atoms with Crippen LogP contribution in [0.1, 0.15) is 0 Å². The molecular formula is C11H10F2N2O5. The van der Waals surface area contributed by atoms with Crippen LogP contribution in [0.15, 0.2) is 18.2 Å². The normalized spacial score (nSPS) is 14.6. The number of alkyl carbamates (subject to hydrolysis) is 1. The van der Waals surface area contributed by atoms with Gasteiger partial charge in [0.15, 0.2) is 11.5 Å². The molecule has 0 saturated carbocycles. The van der Waals surface area contributed by atoms with Crippen LogP contribution in [0.25, 0.3) is 0 Å². The highest BCUT2D eigenvalue weighted by Crippen LogP contribution is 2.42. The number of fused-ring (bicyclic) bond motifs is 1. The first-order valence-electron chi connectivity index (χ1n) is 5.41. The largest absolute Gasteiger partial charge is 0.586 e. The third-order valence-corrected chi connectivity index (χ3v) is 2.26. The van der Waals surface area contributed by atoms with E-state index in [0.717, 1.165) is 7.11 Å². The SMILES string of the molecule is COC(=O)NCC(=O)Nc1ccc2c(c1)OC(F)(F)O2. The Bertz CT molecular complexity index is 550. The van der Waals surface area contributed by atoms with Gasteiger partial charge >= 0.3 is 12.4 Å². The van der Waals surface area contributed by atoms with Gasteiger partial charge < -0.3 is 24.8 Å². The van der Waals surface area contributed by atoms with Crippen molar-refractivity contribution in [2.75, 3.05) is 19.0 Å². The van der Waals surface area contributed by atoms with Gasteiger partial charge in [0.05, 0.1) is 7.11 Å². The Labute approximate surface area is 111 Å². The van der Waals surface area contributed by atoms with Crippen molar-refractivity contribution < 1.29 is 32.6 Å². The lowest BCUT2D eigenvalue weighted by Crippen LogP contribution is -2.32. The highest BCUT2D eigenvalue weighted by atomic mass is 19.3. The number of rotatable bonds is 3. The number of amides is 2. The Morgan fingerprint density at radius 2 is 2.00 bits per heavy atom. The summed E-state index contributed by atoms with van der Waals surface area (Å²) >= 11 is 0. The first-order valence-corrected chi connectivity index (χ1v) is 5.41. The number of carbonyl (C=O) groups is 2.